The third kappa shape index (κ3) is 2.85. The van der Waals surface area contributed by atoms with Crippen molar-refractivity contribution in [1.82, 2.24) is 10.1 Å². The Balaban J connectivity index is 1.83. The molecule has 2 atom stereocenters. The van der Waals surface area contributed by atoms with E-state index in [1.807, 2.05) is 67.6 Å². The largest absolute Gasteiger partial charge is 0.388 e. The lowest BCUT2D eigenvalue weighted by atomic mass is 9.97. The normalized spacial score (nSPS) is 13.8. The standard InChI is InChI=1S/C17H16N2O2/c1-12(15(20)13-8-4-2-5-9-13)17-18-16(19-21-17)14-10-6-3-7-11-14/h2-12,15,20H,1H3. The number of aromatic nitrogens is 2. The number of hydrogen-bond acceptors (Lipinski definition) is 4. The minimum absolute atomic E-state index is 0.266. The van der Waals surface area contributed by atoms with Gasteiger partial charge in [-0.1, -0.05) is 72.7 Å². The molecule has 0 saturated heterocycles. The van der Waals surface area contributed by atoms with Crippen molar-refractivity contribution in [1.29, 1.82) is 0 Å². The molecule has 1 N–H and O–H groups in total. The quantitative estimate of drug-likeness (QED) is 0.793. The van der Waals surface area contributed by atoms with Crippen molar-refractivity contribution < 1.29 is 9.63 Å². The van der Waals surface area contributed by atoms with Gasteiger partial charge < -0.3 is 9.63 Å². The van der Waals surface area contributed by atoms with E-state index in [0.717, 1.165) is 11.1 Å². The second-order valence-electron chi connectivity index (χ2n) is 4.97. The molecular formula is C17H16N2O2. The number of aliphatic hydroxyl groups excluding tert-OH is 1. The van der Waals surface area contributed by atoms with Crippen LogP contribution in [-0.2, 0) is 0 Å². The molecule has 0 radical (unpaired) electrons. The molecule has 0 saturated carbocycles. The molecule has 0 aliphatic carbocycles. The highest BCUT2D eigenvalue weighted by atomic mass is 16.5. The number of hydrogen-bond donors (Lipinski definition) is 1. The molecule has 1 heterocycles. The van der Waals surface area contributed by atoms with Crippen LogP contribution in [0.3, 0.4) is 0 Å². The molecule has 106 valence electrons. The fourth-order valence-corrected chi connectivity index (χ4v) is 2.20. The number of benzene rings is 2. The molecule has 1 aromatic heterocycles. The first kappa shape index (κ1) is 13.5. The van der Waals surface area contributed by atoms with Crippen LogP contribution >= 0.6 is 0 Å². The average Bonchev–Trinajstić information content (AvgIpc) is 3.05. The zero-order valence-corrected chi connectivity index (χ0v) is 11.7. The zero-order valence-electron chi connectivity index (χ0n) is 11.7. The third-order valence-corrected chi connectivity index (χ3v) is 3.48. The molecule has 0 spiro atoms. The Kier molecular flexibility index (Phi) is 3.79. The first-order valence-electron chi connectivity index (χ1n) is 6.88. The molecule has 3 aromatic rings. The van der Waals surface area contributed by atoms with E-state index in [2.05, 4.69) is 10.1 Å². The Morgan fingerprint density at radius 1 is 0.952 bits per heavy atom. The summed E-state index contributed by atoms with van der Waals surface area (Å²) >= 11 is 0. The minimum atomic E-state index is -0.671. The van der Waals surface area contributed by atoms with Gasteiger partial charge in [0.1, 0.15) is 0 Å². The van der Waals surface area contributed by atoms with Gasteiger partial charge in [0.25, 0.3) is 0 Å². The molecule has 3 rings (SSSR count). The van der Waals surface area contributed by atoms with Crippen LogP contribution in [0.1, 0.15) is 30.4 Å². The van der Waals surface area contributed by atoms with E-state index in [1.165, 1.54) is 0 Å². The van der Waals surface area contributed by atoms with Crippen molar-refractivity contribution >= 4 is 0 Å². The van der Waals surface area contributed by atoms with Gasteiger partial charge in [0.05, 0.1) is 12.0 Å². The van der Waals surface area contributed by atoms with Crippen molar-refractivity contribution in [3.63, 3.8) is 0 Å². The molecule has 2 unspecified atom stereocenters. The lowest BCUT2D eigenvalue weighted by molar-refractivity contribution is 0.135. The maximum atomic E-state index is 10.4. The Bertz CT molecular complexity index is 695. The highest BCUT2D eigenvalue weighted by Crippen LogP contribution is 2.30. The summed E-state index contributed by atoms with van der Waals surface area (Å²) in [5.74, 6) is 0.709. The van der Waals surface area contributed by atoms with Crippen LogP contribution in [0.15, 0.2) is 65.2 Å². The fourth-order valence-electron chi connectivity index (χ4n) is 2.20. The van der Waals surface area contributed by atoms with E-state index < -0.39 is 6.10 Å². The van der Waals surface area contributed by atoms with Gasteiger partial charge in [0, 0.05) is 5.56 Å². The Labute approximate surface area is 123 Å². The molecule has 4 heteroatoms. The summed E-state index contributed by atoms with van der Waals surface area (Å²) < 4.78 is 5.30. The second kappa shape index (κ2) is 5.89. The van der Waals surface area contributed by atoms with Gasteiger partial charge in [-0.15, -0.1) is 0 Å². The maximum absolute atomic E-state index is 10.4. The summed E-state index contributed by atoms with van der Waals surface area (Å²) in [6.45, 7) is 1.87. The molecular weight excluding hydrogens is 264 g/mol. The van der Waals surface area contributed by atoms with Crippen LogP contribution in [0.4, 0.5) is 0 Å². The van der Waals surface area contributed by atoms with Gasteiger partial charge in [-0.3, -0.25) is 0 Å². The van der Waals surface area contributed by atoms with E-state index >= 15 is 0 Å². The predicted octanol–water partition coefficient (Wildman–Crippen LogP) is 3.57. The van der Waals surface area contributed by atoms with Gasteiger partial charge in [0.15, 0.2) is 0 Å². The summed E-state index contributed by atoms with van der Waals surface area (Å²) in [5.41, 5.74) is 1.73. The summed E-state index contributed by atoms with van der Waals surface area (Å²) in [6.07, 6.45) is -0.671. The molecule has 0 fully saturated rings. The van der Waals surface area contributed by atoms with Gasteiger partial charge in [-0.2, -0.15) is 4.98 Å². The summed E-state index contributed by atoms with van der Waals surface area (Å²) in [4.78, 5) is 4.39. The Morgan fingerprint density at radius 3 is 2.24 bits per heavy atom. The van der Waals surface area contributed by atoms with Crippen molar-refractivity contribution in [2.45, 2.75) is 18.9 Å². The van der Waals surface area contributed by atoms with E-state index in [9.17, 15) is 5.11 Å². The number of aliphatic hydroxyl groups is 1. The Hall–Kier alpha value is -2.46. The van der Waals surface area contributed by atoms with Crippen LogP contribution in [-0.4, -0.2) is 15.2 Å². The lowest BCUT2D eigenvalue weighted by Crippen LogP contribution is -2.07. The number of nitrogens with zero attached hydrogens (tertiary/aromatic N) is 2. The van der Waals surface area contributed by atoms with E-state index in [0.29, 0.717) is 11.7 Å². The zero-order chi connectivity index (χ0) is 14.7. The van der Waals surface area contributed by atoms with Crippen molar-refractivity contribution in [2.75, 3.05) is 0 Å². The summed E-state index contributed by atoms with van der Waals surface area (Å²) in [5, 5.41) is 14.4. The summed E-state index contributed by atoms with van der Waals surface area (Å²) in [7, 11) is 0. The first-order valence-corrected chi connectivity index (χ1v) is 6.88. The topological polar surface area (TPSA) is 59.2 Å². The van der Waals surface area contributed by atoms with Crippen LogP contribution in [0.25, 0.3) is 11.4 Å². The molecule has 2 aromatic carbocycles. The molecule has 0 aliphatic heterocycles. The highest BCUT2D eigenvalue weighted by Gasteiger charge is 2.23. The highest BCUT2D eigenvalue weighted by molar-refractivity contribution is 5.53. The van der Waals surface area contributed by atoms with Gasteiger partial charge in [-0.25, -0.2) is 0 Å². The van der Waals surface area contributed by atoms with Crippen molar-refractivity contribution in [2.24, 2.45) is 0 Å². The molecule has 21 heavy (non-hydrogen) atoms. The van der Waals surface area contributed by atoms with E-state index in [1.54, 1.807) is 0 Å². The van der Waals surface area contributed by atoms with E-state index in [4.69, 9.17) is 4.52 Å². The second-order valence-corrected chi connectivity index (χ2v) is 4.97. The lowest BCUT2D eigenvalue weighted by Gasteiger charge is -2.15. The fraction of sp³-hybridized carbons (Fsp3) is 0.176. The maximum Gasteiger partial charge on any atom is 0.232 e. The first-order chi connectivity index (χ1) is 10.3. The van der Waals surface area contributed by atoms with Gasteiger partial charge in [-0.05, 0) is 5.56 Å². The van der Waals surface area contributed by atoms with Crippen molar-refractivity contribution in [3.05, 3.63) is 72.1 Å². The van der Waals surface area contributed by atoms with Crippen LogP contribution in [0, 0.1) is 0 Å². The minimum Gasteiger partial charge on any atom is -0.388 e. The monoisotopic (exact) mass is 280 g/mol. The average molecular weight is 280 g/mol. The van der Waals surface area contributed by atoms with Gasteiger partial charge >= 0.3 is 0 Å². The van der Waals surface area contributed by atoms with Gasteiger partial charge in [0.2, 0.25) is 11.7 Å². The predicted molar refractivity (Wildman–Crippen MR) is 79.6 cm³/mol. The molecule has 0 amide bonds. The summed E-state index contributed by atoms with van der Waals surface area (Å²) in [6, 6.07) is 19.1. The Morgan fingerprint density at radius 2 is 1.57 bits per heavy atom. The third-order valence-electron chi connectivity index (χ3n) is 3.48. The SMILES string of the molecule is CC(c1nc(-c2ccccc2)no1)C(O)c1ccccc1. The van der Waals surface area contributed by atoms with E-state index in [-0.39, 0.29) is 5.92 Å². The molecule has 0 bridgehead atoms. The number of rotatable bonds is 4. The van der Waals surface area contributed by atoms with Crippen molar-refractivity contribution in [3.8, 4) is 11.4 Å². The van der Waals surface area contributed by atoms with Crippen LogP contribution < -0.4 is 0 Å². The van der Waals surface area contributed by atoms with Crippen LogP contribution in [0.2, 0.25) is 0 Å². The van der Waals surface area contributed by atoms with Crippen LogP contribution in [0.5, 0.6) is 0 Å². The molecule has 4 nitrogen and oxygen atoms in total. The molecule has 0 aliphatic rings. The smallest absolute Gasteiger partial charge is 0.232 e.